The van der Waals surface area contributed by atoms with E-state index in [0.717, 1.165) is 36.4 Å². The molecule has 1 aliphatic rings. The van der Waals surface area contributed by atoms with Gasteiger partial charge in [-0.1, -0.05) is 32.9 Å². The van der Waals surface area contributed by atoms with E-state index in [1.54, 1.807) is 0 Å². The van der Waals surface area contributed by atoms with Crippen LogP contribution in [0.15, 0.2) is 18.2 Å². The number of ether oxygens (including phenoxy) is 1. The molecule has 0 unspecified atom stereocenters. The van der Waals surface area contributed by atoms with Crippen LogP contribution in [0.5, 0.6) is 5.75 Å². The maximum absolute atomic E-state index is 12.6. The first-order valence-electron chi connectivity index (χ1n) is 8.44. The molecule has 0 bridgehead atoms. The second kappa shape index (κ2) is 7.17. The molecular formula is C19H29NO2. The van der Waals surface area contributed by atoms with Crippen molar-refractivity contribution in [3.8, 4) is 5.75 Å². The molecule has 3 heteroatoms. The number of hydrogen-bond acceptors (Lipinski definition) is 2. The van der Waals surface area contributed by atoms with Crippen LogP contribution in [0.1, 0.15) is 57.6 Å². The Balaban J connectivity index is 2.09. The fraction of sp³-hybridized carbons (Fsp3) is 0.632. The number of piperidine rings is 1. The highest BCUT2D eigenvalue weighted by Crippen LogP contribution is 2.28. The number of benzene rings is 1. The van der Waals surface area contributed by atoms with Crippen molar-refractivity contribution in [2.24, 2.45) is 5.92 Å². The van der Waals surface area contributed by atoms with Gasteiger partial charge in [-0.15, -0.1) is 0 Å². The Morgan fingerprint density at radius 2 is 2.05 bits per heavy atom. The minimum atomic E-state index is -0.426. The average molecular weight is 303 g/mol. The van der Waals surface area contributed by atoms with E-state index in [4.69, 9.17) is 4.74 Å². The van der Waals surface area contributed by atoms with Crippen molar-refractivity contribution in [1.82, 2.24) is 4.90 Å². The quantitative estimate of drug-likeness (QED) is 0.836. The number of rotatable bonds is 4. The number of carbonyl (C=O) groups is 1. The molecule has 2 atom stereocenters. The second-order valence-electron chi connectivity index (χ2n) is 6.99. The topological polar surface area (TPSA) is 29.5 Å². The molecule has 1 aliphatic heterocycles. The summed E-state index contributed by atoms with van der Waals surface area (Å²) in [5.41, 5.74) is 2.32. The summed E-state index contributed by atoms with van der Waals surface area (Å²) in [4.78, 5) is 14.6. The summed E-state index contributed by atoms with van der Waals surface area (Å²) in [7, 11) is 0. The van der Waals surface area contributed by atoms with Gasteiger partial charge in [0.05, 0.1) is 0 Å². The lowest BCUT2D eigenvalue weighted by Crippen LogP contribution is -2.45. The highest BCUT2D eigenvalue weighted by Gasteiger charge is 2.26. The van der Waals surface area contributed by atoms with Gasteiger partial charge in [0.15, 0.2) is 6.10 Å². The van der Waals surface area contributed by atoms with Gasteiger partial charge in [0.25, 0.3) is 5.91 Å². The summed E-state index contributed by atoms with van der Waals surface area (Å²) in [5.74, 6) is 1.94. The third-order valence-electron chi connectivity index (χ3n) is 4.41. The molecule has 1 heterocycles. The summed E-state index contributed by atoms with van der Waals surface area (Å²) in [6, 6.07) is 6.24. The molecule has 0 spiro atoms. The molecule has 1 saturated heterocycles. The first-order chi connectivity index (χ1) is 10.4. The normalized spacial score (nSPS) is 20.1. The third-order valence-corrected chi connectivity index (χ3v) is 4.41. The lowest BCUT2D eigenvalue weighted by molar-refractivity contribution is -0.139. The van der Waals surface area contributed by atoms with Crippen LogP contribution in [0, 0.1) is 12.8 Å². The number of carbonyl (C=O) groups excluding carboxylic acids is 1. The zero-order valence-electron chi connectivity index (χ0n) is 14.6. The predicted octanol–water partition coefficient (Wildman–Crippen LogP) is 4.14. The molecule has 0 saturated carbocycles. The first kappa shape index (κ1) is 16.9. The van der Waals surface area contributed by atoms with Crippen LogP contribution in [0.4, 0.5) is 0 Å². The predicted molar refractivity (Wildman–Crippen MR) is 90.3 cm³/mol. The maximum Gasteiger partial charge on any atom is 0.263 e. The number of nitrogens with zero attached hydrogens (tertiary/aromatic N) is 1. The minimum absolute atomic E-state index is 0.114. The Hall–Kier alpha value is -1.51. The zero-order chi connectivity index (χ0) is 16.3. The summed E-state index contributed by atoms with van der Waals surface area (Å²) in [6.07, 6.45) is 1.89. The van der Waals surface area contributed by atoms with Crippen LogP contribution >= 0.6 is 0 Å². The number of amides is 1. The van der Waals surface area contributed by atoms with Gasteiger partial charge in [-0.05, 0) is 55.7 Å². The van der Waals surface area contributed by atoms with Gasteiger partial charge < -0.3 is 9.64 Å². The monoisotopic (exact) mass is 303 g/mol. The lowest BCUT2D eigenvalue weighted by Gasteiger charge is -2.33. The molecule has 1 amide bonds. The van der Waals surface area contributed by atoms with E-state index >= 15 is 0 Å². The van der Waals surface area contributed by atoms with Crippen LogP contribution in [0.2, 0.25) is 0 Å². The molecule has 1 fully saturated rings. The van der Waals surface area contributed by atoms with Crippen LogP contribution in [0.3, 0.4) is 0 Å². The molecule has 1 aromatic rings. The largest absolute Gasteiger partial charge is 0.481 e. The molecule has 2 rings (SSSR count). The standard InChI is InChI=1S/C19H29NO2/c1-13(2)17-9-8-14(3)11-18(17)22-16(5)19(21)20-10-6-7-15(4)12-20/h8-9,11,13,15-16H,6-7,10,12H2,1-5H3/t15-,16+/m1/s1. The van der Waals surface area contributed by atoms with Crippen molar-refractivity contribution < 1.29 is 9.53 Å². The number of aryl methyl sites for hydroxylation is 1. The second-order valence-corrected chi connectivity index (χ2v) is 6.99. The Morgan fingerprint density at radius 1 is 1.32 bits per heavy atom. The van der Waals surface area contributed by atoms with Crippen LogP contribution in [-0.2, 0) is 4.79 Å². The van der Waals surface area contributed by atoms with E-state index in [1.807, 2.05) is 17.9 Å². The van der Waals surface area contributed by atoms with E-state index in [-0.39, 0.29) is 5.91 Å². The van der Waals surface area contributed by atoms with Gasteiger partial charge >= 0.3 is 0 Å². The van der Waals surface area contributed by atoms with Gasteiger partial charge in [-0.25, -0.2) is 0 Å². The van der Waals surface area contributed by atoms with Gasteiger partial charge in [0, 0.05) is 13.1 Å². The van der Waals surface area contributed by atoms with E-state index in [2.05, 4.69) is 39.8 Å². The molecule has 0 N–H and O–H groups in total. The number of likely N-dealkylation sites (tertiary alicyclic amines) is 1. The van der Waals surface area contributed by atoms with Crippen molar-refractivity contribution >= 4 is 5.91 Å². The van der Waals surface area contributed by atoms with Crippen molar-refractivity contribution in [2.45, 2.75) is 59.5 Å². The first-order valence-corrected chi connectivity index (χ1v) is 8.44. The zero-order valence-corrected chi connectivity index (χ0v) is 14.6. The summed E-state index contributed by atoms with van der Waals surface area (Å²) < 4.78 is 6.05. The van der Waals surface area contributed by atoms with Crippen LogP contribution in [0.25, 0.3) is 0 Å². The molecule has 122 valence electrons. The Kier molecular flexibility index (Phi) is 5.49. The highest BCUT2D eigenvalue weighted by molar-refractivity contribution is 5.81. The van der Waals surface area contributed by atoms with E-state index in [1.165, 1.54) is 6.42 Å². The van der Waals surface area contributed by atoms with Gasteiger partial charge in [0.1, 0.15) is 5.75 Å². The van der Waals surface area contributed by atoms with Crippen molar-refractivity contribution in [2.75, 3.05) is 13.1 Å². The Bertz CT molecular complexity index is 524. The van der Waals surface area contributed by atoms with E-state index in [0.29, 0.717) is 11.8 Å². The molecule has 3 nitrogen and oxygen atoms in total. The molecule has 0 aromatic heterocycles. The fourth-order valence-electron chi connectivity index (χ4n) is 3.11. The van der Waals surface area contributed by atoms with Gasteiger partial charge in [-0.3, -0.25) is 4.79 Å². The molecule has 0 aliphatic carbocycles. The van der Waals surface area contributed by atoms with Gasteiger partial charge in [0.2, 0.25) is 0 Å². The maximum atomic E-state index is 12.6. The molecule has 22 heavy (non-hydrogen) atoms. The van der Waals surface area contributed by atoms with Crippen molar-refractivity contribution in [1.29, 1.82) is 0 Å². The summed E-state index contributed by atoms with van der Waals surface area (Å²) in [6.45, 7) is 12.2. The molecular weight excluding hydrogens is 274 g/mol. The highest BCUT2D eigenvalue weighted by atomic mass is 16.5. The summed E-state index contributed by atoms with van der Waals surface area (Å²) >= 11 is 0. The Labute approximate surface area is 134 Å². The van der Waals surface area contributed by atoms with Crippen molar-refractivity contribution in [3.63, 3.8) is 0 Å². The smallest absolute Gasteiger partial charge is 0.263 e. The number of hydrogen-bond donors (Lipinski definition) is 0. The Morgan fingerprint density at radius 3 is 2.68 bits per heavy atom. The average Bonchev–Trinajstić information content (AvgIpc) is 2.46. The lowest BCUT2D eigenvalue weighted by atomic mass is 9.99. The van der Waals surface area contributed by atoms with E-state index in [9.17, 15) is 4.79 Å². The van der Waals surface area contributed by atoms with E-state index < -0.39 is 6.10 Å². The van der Waals surface area contributed by atoms with Gasteiger partial charge in [-0.2, -0.15) is 0 Å². The van der Waals surface area contributed by atoms with Crippen LogP contribution < -0.4 is 4.74 Å². The summed E-state index contributed by atoms with van der Waals surface area (Å²) in [5, 5.41) is 0. The third kappa shape index (κ3) is 4.02. The minimum Gasteiger partial charge on any atom is -0.481 e. The SMILES string of the molecule is Cc1ccc(C(C)C)c(O[C@@H](C)C(=O)N2CCC[C@@H](C)C2)c1. The van der Waals surface area contributed by atoms with Crippen molar-refractivity contribution in [3.05, 3.63) is 29.3 Å². The van der Waals surface area contributed by atoms with Crippen LogP contribution in [-0.4, -0.2) is 30.0 Å². The fourth-order valence-corrected chi connectivity index (χ4v) is 3.11. The molecule has 1 aromatic carbocycles. The molecule has 0 radical (unpaired) electrons.